The number of hydrogen-bond acceptors (Lipinski definition) is 5. The highest BCUT2D eigenvalue weighted by Gasteiger charge is 2.55. The van der Waals surface area contributed by atoms with Crippen molar-refractivity contribution in [3.63, 3.8) is 0 Å². The molecule has 2 saturated heterocycles. The molecule has 1 aliphatic carbocycles. The summed E-state index contributed by atoms with van der Waals surface area (Å²) in [5.41, 5.74) is -1.04. The standard InChI is InChI=1S/C18H30N2O5/c1-17(2,3)25-16(23)19-11-18(12-19,10-15(21)22)20-8-9-24-14-7-5-4-6-13(14)20/h13-14H,4-12H2,1-3H3,(H,21,22). The number of nitrogens with zero attached hydrogens (tertiary/aromatic N) is 2. The average molecular weight is 354 g/mol. The molecule has 25 heavy (non-hydrogen) atoms. The van der Waals surface area contributed by atoms with Crippen LogP contribution in [0.1, 0.15) is 52.9 Å². The summed E-state index contributed by atoms with van der Waals surface area (Å²) in [6.45, 7) is 7.71. The number of carboxylic acids is 1. The van der Waals surface area contributed by atoms with Crippen LogP contribution in [0.25, 0.3) is 0 Å². The van der Waals surface area contributed by atoms with Crippen molar-refractivity contribution in [2.75, 3.05) is 26.2 Å². The normalized spacial score (nSPS) is 29.5. The van der Waals surface area contributed by atoms with E-state index in [1.807, 2.05) is 20.8 Å². The summed E-state index contributed by atoms with van der Waals surface area (Å²) in [6.07, 6.45) is 4.30. The summed E-state index contributed by atoms with van der Waals surface area (Å²) >= 11 is 0. The molecule has 1 saturated carbocycles. The van der Waals surface area contributed by atoms with Gasteiger partial charge in [0, 0.05) is 25.7 Å². The third-order valence-corrected chi connectivity index (χ3v) is 5.44. The third-order valence-electron chi connectivity index (χ3n) is 5.44. The van der Waals surface area contributed by atoms with Crippen LogP contribution in [0.5, 0.6) is 0 Å². The van der Waals surface area contributed by atoms with E-state index in [1.165, 1.54) is 6.42 Å². The Labute approximate surface area is 149 Å². The van der Waals surface area contributed by atoms with Crippen molar-refractivity contribution in [2.45, 2.75) is 76.2 Å². The number of amides is 1. The lowest BCUT2D eigenvalue weighted by Gasteiger charge is -2.60. The van der Waals surface area contributed by atoms with Crippen LogP contribution >= 0.6 is 0 Å². The number of carbonyl (C=O) groups is 2. The monoisotopic (exact) mass is 354 g/mol. The minimum atomic E-state index is -0.817. The van der Waals surface area contributed by atoms with Gasteiger partial charge in [0.25, 0.3) is 0 Å². The molecule has 142 valence electrons. The molecule has 2 aliphatic heterocycles. The van der Waals surface area contributed by atoms with Gasteiger partial charge in [-0.3, -0.25) is 9.69 Å². The Bertz CT molecular complexity index is 522. The number of hydrogen-bond donors (Lipinski definition) is 1. The zero-order chi connectivity index (χ0) is 18.2. The maximum absolute atomic E-state index is 12.3. The first-order valence-corrected chi connectivity index (χ1v) is 9.28. The van der Waals surface area contributed by atoms with Crippen molar-refractivity contribution < 1.29 is 24.2 Å². The molecule has 2 heterocycles. The van der Waals surface area contributed by atoms with Crippen LogP contribution < -0.4 is 0 Å². The predicted molar refractivity (Wildman–Crippen MR) is 91.5 cm³/mol. The minimum absolute atomic E-state index is 0.0511. The number of morpholine rings is 1. The quantitative estimate of drug-likeness (QED) is 0.836. The van der Waals surface area contributed by atoms with Gasteiger partial charge < -0.3 is 19.5 Å². The highest BCUT2D eigenvalue weighted by atomic mass is 16.6. The van der Waals surface area contributed by atoms with Crippen molar-refractivity contribution in [3.05, 3.63) is 0 Å². The molecule has 0 aromatic rings. The fourth-order valence-corrected chi connectivity index (χ4v) is 4.48. The van der Waals surface area contributed by atoms with E-state index in [-0.39, 0.29) is 24.7 Å². The van der Waals surface area contributed by atoms with Gasteiger partial charge in [0.2, 0.25) is 0 Å². The van der Waals surface area contributed by atoms with Crippen molar-refractivity contribution in [2.24, 2.45) is 0 Å². The molecule has 0 aromatic carbocycles. The van der Waals surface area contributed by atoms with Crippen LogP contribution in [0, 0.1) is 0 Å². The van der Waals surface area contributed by atoms with E-state index >= 15 is 0 Å². The van der Waals surface area contributed by atoms with Gasteiger partial charge in [-0.1, -0.05) is 12.8 Å². The van der Waals surface area contributed by atoms with Gasteiger partial charge in [0.05, 0.1) is 24.7 Å². The van der Waals surface area contributed by atoms with Crippen molar-refractivity contribution in [1.82, 2.24) is 9.80 Å². The molecule has 0 aromatic heterocycles. The molecule has 0 bridgehead atoms. The topological polar surface area (TPSA) is 79.3 Å². The summed E-state index contributed by atoms with van der Waals surface area (Å²) < 4.78 is 11.4. The van der Waals surface area contributed by atoms with Crippen LogP contribution in [0.15, 0.2) is 0 Å². The number of fused-ring (bicyclic) bond motifs is 1. The van der Waals surface area contributed by atoms with Crippen molar-refractivity contribution >= 4 is 12.1 Å². The molecule has 0 spiro atoms. The van der Waals surface area contributed by atoms with Crippen LogP contribution in [0.2, 0.25) is 0 Å². The zero-order valence-corrected chi connectivity index (χ0v) is 15.5. The van der Waals surface area contributed by atoms with Crippen LogP contribution in [0.4, 0.5) is 4.79 Å². The Morgan fingerprint density at radius 2 is 1.92 bits per heavy atom. The van der Waals surface area contributed by atoms with Crippen molar-refractivity contribution in [3.8, 4) is 0 Å². The Balaban J connectivity index is 1.72. The predicted octanol–water partition coefficient (Wildman–Crippen LogP) is 2.09. The highest BCUT2D eigenvalue weighted by molar-refractivity contribution is 5.73. The number of likely N-dealkylation sites (tertiary alicyclic amines) is 1. The first-order valence-electron chi connectivity index (χ1n) is 9.28. The highest BCUT2D eigenvalue weighted by Crippen LogP contribution is 2.39. The number of carbonyl (C=O) groups excluding carboxylic acids is 1. The number of rotatable bonds is 3. The number of carboxylic acid groups (broad SMARTS) is 1. The third kappa shape index (κ3) is 3.92. The number of aliphatic carboxylic acids is 1. The fourth-order valence-electron chi connectivity index (χ4n) is 4.48. The van der Waals surface area contributed by atoms with Gasteiger partial charge >= 0.3 is 12.1 Å². The minimum Gasteiger partial charge on any atom is -0.481 e. The van der Waals surface area contributed by atoms with E-state index in [9.17, 15) is 14.7 Å². The van der Waals surface area contributed by atoms with Gasteiger partial charge in [0.1, 0.15) is 5.60 Å². The van der Waals surface area contributed by atoms with E-state index in [2.05, 4.69) is 4.90 Å². The van der Waals surface area contributed by atoms with Gasteiger partial charge in [-0.25, -0.2) is 4.79 Å². The smallest absolute Gasteiger partial charge is 0.410 e. The van der Waals surface area contributed by atoms with Crippen molar-refractivity contribution in [1.29, 1.82) is 0 Å². The van der Waals surface area contributed by atoms with E-state index in [4.69, 9.17) is 9.47 Å². The molecule has 7 heteroatoms. The molecule has 3 rings (SSSR count). The Morgan fingerprint density at radius 1 is 1.24 bits per heavy atom. The zero-order valence-electron chi connectivity index (χ0n) is 15.5. The van der Waals surface area contributed by atoms with Crippen LogP contribution in [-0.2, 0) is 14.3 Å². The molecule has 3 aliphatic rings. The van der Waals surface area contributed by atoms with Gasteiger partial charge in [-0.05, 0) is 33.6 Å². The number of ether oxygens (including phenoxy) is 2. The SMILES string of the molecule is CC(C)(C)OC(=O)N1CC(CC(=O)O)(N2CCOC3CCCCC32)C1. The Hall–Kier alpha value is -1.34. The molecule has 1 N–H and O–H groups in total. The largest absolute Gasteiger partial charge is 0.481 e. The molecule has 2 atom stereocenters. The first kappa shape index (κ1) is 18.5. The van der Waals surface area contributed by atoms with E-state index in [0.717, 1.165) is 25.8 Å². The molecule has 0 radical (unpaired) electrons. The Morgan fingerprint density at radius 3 is 2.56 bits per heavy atom. The second-order valence-electron chi connectivity index (χ2n) is 8.59. The van der Waals surface area contributed by atoms with Crippen LogP contribution in [0.3, 0.4) is 0 Å². The summed E-state index contributed by atoms with van der Waals surface area (Å²) in [5.74, 6) is -0.817. The second-order valence-corrected chi connectivity index (χ2v) is 8.59. The summed E-state index contributed by atoms with van der Waals surface area (Å²) in [7, 11) is 0. The molecular formula is C18H30N2O5. The maximum Gasteiger partial charge on any atom is 0.410 e. The summed E-state index contributed by atoms with van der Waals surface area (Å²) in [4.78, 5) is 27.8. The summed E-state index contributed by atoms with van der Waals surface area (Å²) in [6, 6.07) is 0.266. The van der Waals surface area contributed by atoms with E-state index in [0.29, 0.717) is 19.7 Å². The van der Waals surface area contributed by atoms with E-state index in [1.54, 1.807) is 4.90 Å². The lowest BCUT2D eigenvalue weighted by atomic mass is 9.79. The molecule has 7 nitrogen and oxygen atoms in total. The molecule has 3 fully saturated rings. The Kier molecular flexibility index (Phi) is 4.99. The average Bonchev–Trinajstić information content (AvgIpc) is 2.48. The second kappa shape index (κ2) is 6.76. The molecular weight excluding hydrogens is 324 g/mol. The van der Waals surface area contributed by atoms with E-state index < -0.39 is 17.1 Å². The van der Waals surface area contributed by atoms with Gasteiger partial charge in [-0.2, -0.15) is 0 Å². The van der Waals surface area contributed by atoms with Gasteiger partial charge in [-0.15, -0.1) is 0 Å². The van der Waals surface area contributed by atoms with Crippen LogP contribution in [-0.4, -0.2) is 76.5 Å². The molecule has 1 amide bonds. The lowest BCUT2D eigenvalue weighted by Crippen LogP contribution is -2.76. The lowest BCUT2D eigenvalue weighted by molar-refractivity contribution is -0.172. The van der Waals surface area contributed by atoms with Gasteiger partial charge in [0.15, 0.2) is 0 Å². The summed E-state index contributed by atoms with van der Waals surface area (Å²) in [5, 5.41) is 9.46. The molecule has 2 unspecified atom stereocenters. The first-order chi connectivity index (χ1) is 11.7. The fraction of sp³-hybridized carbons (Fsp3) is 0.889. The maximum atomic E-state index is 12.3.